The van der Waals surface area contributed by atoms with Crippen LogP contribution in [-0.2, 0) is 4.74 Å². The minimum absolute atomic E-state index is 0.394. The van der Waals surface area contributed by atoms with Crippen molar-refractivity contribution in [3.63, 3.8) is 0 Å². The molecule has 0 saturated carbocycles. The molecule has 0 bridgehead atoms. The van der Waals surface area contributed by atoms with Gasteiger partial charge in [0, 0.05) is 7.11 Å². The van der Waals surface area contributed by atoms with Crippen LogP contribution in [0.2, 0.25) is 0 Å². The monoisotopic (exact) mass is 316 g/mol. The van der Waals surface area contributed by atoms with Crippen LogP contribution in [-0.4, -0.2) is 25.4 Å². The van der Waals surface area contributed by atoms with E-state index in [4.69, 9.17) is 9.47 Å². The predicted octanol–water partition coefficient (Wildman–Crippen LogP) is 3.70. The van der Waals surface area contributed by atoms with E-state index in [1.807, 2.05) is 18.2 Å². The molecule has 1 atom stereocenters. The zero-order chi connectivity index (χ0) is 13.4. The molecular formula is C14H21BrO3. The van der Waals surface area contributed by atoms with Gasteiger partial charge in [-0.2, -0.15) is 0 Å². The van der Waals surface area contributed by atoms with E-state index in [1.54, 1.807) is 7.11 Å². The van der Waals surface area contributed by atoms with Crippen LogP contribution in [0.15, 0.2) is 22.7 Å². The SMILES string of the molecule is CCCCC(O)c1ccc(OCCOC)c(Br)c1. The Balaban J connectivity index is 2.60. The Kier molecular flexibility index (Phi) is 7.32. The largest absolute Gasteiger partial charge is 0.490 e. The number of halogens is 1. The molecule has 102 valence electrons. The second-order valence-electron chi connectivity index (χ2n) is 4.19. The highest BCUT2D eigenvalue weighted by Gasteiger charge is 2.09. The van der Waals surface area contributed by atoms with Crippen LogP contribution in [0.1, 0.15) is 37.9 Å². The van der Waals surface area contributed by atoms with Crippen molar-refractivity contribution in [2.45, 2.75) is 32.3 Å². The zero-order valence-corrected chi connectivity index (χ0v) is 12.6. The minimum atomic E-state index is -0.394. The molecule has 1 aromatic rings. The molecule has 0 aliphatic heterocycles. The quantitative estimate of drug-likeness (QED) is 0.743. The van der Waals surface area contributed by atoms with Crippen LogP contribution in [0.5, 0.6) is 5.75 Å². The van der Waals surface area contributed by atoms with Gasteiger partial charge in [-0.05, 0) is 40.0 Å². The molecule has 18 heavy (non-hydrogen) atoms. The van der Waals surface area contributed by atoms with Gasteiger partial charge >= 0.3 is 0 Å². The Hall–Kier alpha value is -0.580. The molecule has 1 unspecified atom stereocenters. The van der Waals surface area contributed by atoms with Crippen molar-refractivity contribution in [2.24, 2.45) is 0 Å². The Labute approximate surface area is 117 Å². The number of ether oxygens (including phenoxy) is 2. The van der Waals surface area contributed by atoms with E-state index in [0.29, 0.717) is 13.2 Å². The van der Waals surface area contributed by atoms with Gasteiger partial charge in [0.2, 0.25) is 0 Å². The van der Waals surface area contributed by atoms with Crippen molar-refractivity contribution >= 4 is 15.9 Å². The van der Waals surface area contributed by atoms with Gasteiger partial charge in [-0.3, -0.25) is 0 Å². The summed E-state index contributed by atoms with van der Waals surface area (Å²) >= 11 is 3.46. The summed E-state index contributed by atoms with van der Waals surface area (Å²) in [4.78, 5) is 0. The fraction of sp³-hybridized carbons (Fsp3) is 0.571. The zero-order valence-electron chi connectivity index (χ0n) is 11.0. The van der Waals surface area contributed by atoms with Crippen molar-refractivity contribution in [1.82, 2.24) is 0 Å². The number of aliphatic hydroxyl groups excluding tert-OH is 1. The molecule has 0 heterocycles. The maximum atomic E-state index is 10.00. The summed E-state index contributed by atoms with van der Waals surface area (Å²) in [7, 11) is 1.64. The molecule has 0 radical (unpaired) electrons. The molecular weight excluding hydrogens is 296 g/mol. The normalized spacial score (nSPS) is 12.4. The number of hydrogen-bond donors (Lipinski definition) is 1. The topological polar surface area (TPSA) is 38.7 Å². The lowest BCUT2D eigenvalue weighted by Crippen LogP contribution is -2.05. The standard InChI is InChI=1S/C14H21BrO3/c1-3-4-5-13(16)11-6-7-14(12(15)10-11)18-9-8-17-2/h6-7,10,13,16H,3-5,8-9H2,1-2H3. The summed E-state index contributed by atoms with van der Waals surface area (Å²) in [5.41, 5.74) is 0.925. The third-order valence-electron chi connectivity index (χ3n) is 2.72. The summed E-state index contributed by atoms with van der Waals surface area (Å²) in [5, 5.41) is 10.00. The van der Waals surface area contributed by atoms with E-state index >= 15 is 0 Å². The van der Waals surface area contributed by atoms with Gasteiger partial charge in [0.15, 0.2) is 0 Å². The number of methoxy groups -OCH3 is 1. The molecule has 0 aliphatic carbocycles. The highest BCUT2D eigenvalue weighted by Crippen LogP contribution is 2.29. The van der Waals surface area contributed by atoms with Gasteiger partial charge in [0.1, 0.15) is 12.4 Å². The first-order chi connectivity index (χ1) is 8.69. The smallest absolute Gasteiger partial charge is 0.133 e. The van der Waals surface area contributed by atoms with Crippen LogP contribution in [0, 0.1) is 0 Å². The van der Waals surface area contributed by atoms with E-state index in [-0.39, 0.29) is 0 Å². The fourth-order valence-electron chi connectivity index (χ4n) is 1.64. The van der Waals surface area contributed by atoms with E-state index in [9.17, 15) is 5.11 Å². The van der Waals surface area contributed by atoms with Gasteiger partial charge < -0.3 is 14.6 Å². The second kappa shape index (κ2) is 8.51. The molecule has 1 aromatic carbocycles. The predicted molar refractivity (Wildman–Crippen MR) is 76.0 cm³/mol. The Bertz CT molecular complexity index is 355. The van der Waals surface area contributed by atoms with Crippen LogP contribution in [0.3, 0.4) is 0 Å². The summed E-state index contributed by atoms with van der Waals surface area (Å²) in [6.07, 6.45) is 2.53. The minimum Gasteiger partial charge on any atom is -0.490 e. The molecule has 1 rings (SSSR count). The first kappa shape index (κ1) is 15.5. The highest BCUT2D eigenvalue weighted by molar-refractivity contribution is 9.10. The van der Waals surface area contributed by atoms with Crippen LogP contribution >= 0.6 is 15.9 Å². The molecule has 3 nitrogen and oxygen atoms in total. The van der Waals surface area contributed by atoms with Gasteiger partial charge in [-0.25, -0.2) is 0 Å². The third-order valence-corrected chi connectivity index (χ3v) is 3.34. The van der Waals surface area contributed by atoms with Crippen molar-refractivity contribution in [3.8, 4) is 5.75 Å². The molecule has 0 saturated heterocycles. The Morgan fingerprint density at radius 3 is 2.72 bits per heavy atom. The molecule has 0 aromatic heterocycles. The average Bonchev–Trinajstić information content (AvgIpc) is 2.38. The number of aliphatic hydroxyl groups is 1. The number of unbranched alkanes of at least 4 members (excludes halogenated alkanes) is 1. The summed E-state index contributed by atoms with van der Waals surface area (Å²) in [5.74, 6) is 0.776. The maximum Gasteiger partial charge on any atom is 0.133 e. The summed E-state index contributed by atoms with van der Waals surface area (Å²) < 4.78 is 11.3. The lowest BCUT2D eigenvalue weighted by molar-refractivity contribution is 0.145. The molecule has 0 spiro atoms. The van der Waals surface area contributed by atoms with E-state index in [1.165, 1.54) is 0 Å². The van der Waals surface area contributed by atoms with Gasteiger partial charge in [0.05, 0.1) is 17.2 Å². The van der Waals surface area contributed by atoms with E-state index in [0.717, 1.165) is 35.0 Å². The summed E-state index contributed by atoms with van der Waals surface area (Å²) in [6, 6.07) is 5.71. The van der Waals surface area contributed by atoms with Crippen LogP contribution in [0.25, 0.3) is 0 Å². The average molecular weight is 317 g/mol. The Morgan fingerprint density at radius 1 is 1.33 bits per heavy atom. The lowest BCUT2D eigenvalue weighted by atomic mass is 10.0. The third kappa shape index (κ3) is 4.96. The van der Waals surface area contributed by atoms with Gasteiger partial charge in [-0.15, -0.1) is 0 Å². The first-order valence-electron chi connectivity index (χ1n) is 6.28. The summed E-state index contributed by atoms with van der Waals surface area (Å²) in [6.45, 7) is 3.20. The number of rotatable bonds is 8. The second-order valence-corrected chi connectivity index (χ2v) is 5.04. The first-order valence-corrected chi connectivity index (χ1v) is 7.07. The number of benzene rings is 1. The van der Waals surface area contributed by atoms with Crippen molar-refractivity contribution in [3.05, 3.63) is 28.2 Å². The van der Waals surface area contributed by atoms with E-state index in [2.05, 4.69) is 22.9 Å². The van der Waals surface area contributed by atoms with Crippen LogP contribution in [0.4, 0.5) is 0 Å². The van der Waals surface area contributed by atoms with Crippen molar-refractivity contribution in [2.75, 3.05) is 20.3 Å². The molecule has 1 N–H and O–H groups in total. The number of hydrogen-bond acceptors (Lipinski definition) is 3. The van der Waals surface area contributed by atoms with Crippen LogP contribution < -0.4 is 4.74 Å². The lowest BCUT2D eigenvalue weighted by Gasteiger charge is -2.13. The van der Waals surface area contributed by atoms with Gasteiger partial charge in [-0.1, -0.05) is 25.8 Å². The van der Waals surface area contributed by atoms with Crippen molar-refractivity contribution in [1.29, 1.82) is 0 Å². The molecule has 4 heteroatoms. The molecule has 0 amide bonds. The highest BCUT2D eigenvalue weighted by atomic mass is 79.9. The fourth-order valence-corrected chi connectivity index (χ4v) is 2.15. The Morgan fingerprint density at radius 2 is 2.11 bits per heavy atom. The maximum absolute atomic E-state index is 10.00. The molecule has 0 aliphatic rings. The van der Waals surface area contributed by atoms with E-state index < -0.39 is 6.10 Å². The molecule has 0 fully saturated rings. The van der Waals surface area contributed by atoms with Gasteiger partial charge in [0.25, 0.3) is 0 Å². The van der Waals surface area contributed by atoms with Crippen molar-refractivity contribution < 1.29 is 14.6 Å².